The highest BCUT2D eigenvalue weighted by molar-refractivity contribution is 7.84. The van der Waals surface area contributed by atoms with Gasteiger partial charge in [-0.15, -0.1) is 0 Å². The molecule has 4 nitrogen and oxygen atoms in total. The van der Waals surface area contributed by atoms with Gasteiger partial charge < -0.3 is 4.74 Å². The summed E-state index contributed by atoms with van der Waals surface area (Å²) in [6, 6.07) is 7.04. The van der Waals surface area contributed by atoms with Gasteiger partial charge >= 0.3 is 11.6 Å². The summed E-state index contributed by atoms with van der Waals surface area (Å²) in [6.07, 6.45) is -1.22. The molecule has 1 heterocycles. The molecule has 98 valence electrons. The molecule has 1 aliphatic heterocycles. The second-order valence-corrected chi connectivity index (χ2v) is 4.88. The Hall–Kier alpha value is -1.57. The van der Waals surface area contributed by atoms with E-state index in [0.717, 1.165) is 0 Å². The number of carbonyl (C=O) groups excluding carboxylic acids is 1. The molecule has 0 N–H and O–H groups in total. The van der Waals surface area contributed by atoms with Gasteiger partial charge in [0.05, 0.1) is 0 Å². The number of rotatable bonds is 2. The Bertz CT molecular complexity index is 477. The van der Waals surface area contributed by atoms with Gasteiger partial charge in [0, 0.05) is 0 Å². The SMILES string of the molecule is O=C1OC[C@@H](c2ccccc2)N1[S@@](=O)C(F)(F)F. The Morgan fingerprint density at radius 1 is 1.28 bits per heavy atom. The highest BCUT2D eigenvalue weighted by Gasteiger charge is 2.50. The Labute approximate surface area is 103 Å². The molecule has 8 heteroatoms. The van der Waals surface area contributed by atoms with Crippen molar-refractivity contribution in [2.24, 2.45) is 0 Å². The smallest absolute Gasteiger partial charge is 0.446 e. The monoisotopic (exact) mass is 279 g/mol. The fourth-order valence-corrected chi connectivity index (χ4v) is 2.44. The standard InChI is InChI=1S/C10H8F3NO3S/c11-10(12,13)18(16)14-8(6-17-9(14)15)7-4-2-1-3-5-7/h1-5,8H,6H2/t8-,18-/m0/s1. The summed E-state index contributed by atoms with van der Waals surface area (Å²) in [7, 11) is -3.41. The van der Waals surface area contributed by atoms with E-state index in [1.165, 1.54) is 0 Å². The van der Waals surface area contributed by atoms with E-state index in [1.807, 2.05) is 0 Å². The van der Waals surface area contributed by atoms with Crippen LogP contribution in [0.3, 0.4) is 0 Å². The summed E-state index contributed by atoms with van der Waals surface area (Å²) in [5, 5.41) is 0. The number of cyclic esters (lactones) is 1. The van der Waals surface area contributed by atoms with Crippen LogP contribution in [0, 0.1) is 0 Å². The van der Waals surface area contributed by atoms with Crippen molar-refractivity contribution in [3.8, 4) is 0 Å². The normalized spacial score (nSPS) is 21.8. The van der Waals surface area contributed by atoms with Gasteiger partial charge in [-0.05, 0) is 5.56 Å². The van der Waals surface area contributed by atoms with Gasteiger partial charge in [0.15, 0.2) is 0 Å². The van der Waals surface area contributed by atoms with Crippen LogP contribution < -0.4 is 0 Å². The molecule has 2 rings (SSSR count). The topological polar surface area (TPSA) is 46.6 Å². The summed E-state index contributed by atoms with van der Waals surface area (Å²) >= 11 is 0. The van der Waals surface area contributed by atoms with Crippen LogP contribution in [0.4, 0.5) is 18.0 Å². The fourth-order valence-electron chi connectivity index (χ4n) is 1.61. The highest BCUT2D eigenvalue weighted by atomic mass is 32.2. The molecule has 1 aromatic rings. The number of benzene rings is 1. The molecular weight excluding hydrogens is 271 g/mol. The predicted octanol–water partition coefficient (Wildman–Crippen LogP) is 2.36. The van der Waals surface area contributed by atoms with Crippen LogP contribution in [0.2, 0.25) is 0 Å². The number of alkyl halides is 3. The Morgan fingerprint density at radius 2 is 1.89 bits per heavy atom. The van der Waals surface area contributed by atoms with Crippen molar-refractivity contribution >= 4 is 17.1 Å². The molecule has 0 bridgehead atoms. The summed E-state index contributed by atoms with van der Waals surface area (Å²) in [5.41, 5.74) is -4.54. The van der Waals surface area contributed by atoms with E-state index < -0.39 is 28.6 Å². The van der Waals surface area contributed by atoms with Gasteiger partial charge in [0.1, 0.15) is 12.6 Å². The van der Waals surface area contributed by atoms with Crippen LogP contribution in [-0.2, 0) is 15.7 Å². The molecule has 0 radical (unpaired) electrons. The quantitative estimate of drug-likeness (QED) is 0.835. The van der Waals surface area contributed by atoms with Crippen LogP contribution in [0.15, 0.2) is 30.3 Å². The van der Waals surface area contributed by atoms with Crippen molar-refractivity contribution in [2.45, 2.75) is 11.6 Å². The van der Waals surface area contributed by atoms with E-state index in [-0.39, 0.29) is 10.9 Å². The molecule has 0 unspecified atom stereocenters. The zero-order valence-electron chi connectivity index (χ0n) is 8.89. The molecule has 0 aliphatic carbocycles. The Morgan fingerprint density at radius 3 is 2.44 bits per heavy atom. The molecule has 0 spiro atoms. The molecule has 1 aromatic carbocycles. The minimum absolute atomic E-state index is 0.218. The number of carbonyl (C=O) groups is 1. The summed E-state index contributed by atoms with van der Waals surface area (Å²) in [6.45, 7) is -0.245. The van der Waals surface area contributed by atoms with E-state index in [0.29, 0.717) is 5.56 Å². The lowest BCUT2D eigenvalue weighted by atomic mass is 10.1. The first kappa shape index (κ1) is 12.9. The molecule has 2 atom stereocenters. The van der Waals surface area contributed by atoms with Crippen LogP contribution in [0.25, 0.3) is 0 Å². The average molecular weight is 279 g/mol. The van der Waals surface area contributed by atoms with Crippen LogP contribution in [-0.4, -0.2) is 26.7 Å². The summed E-state index contributed by atoms with van der Waals surface area (Å²) < 4.78 is 53.3. The third-order valence-corrected chi connectivity index (χ3v) is 3.55. The average Bonchev–Trinajstić information content (AvgIpc) is 2.70. The van der Waals surface area contributed by atoms with Crippen molar-refractivity contribution in [1.82, 2.24) is 4.31 Å². The first-order valence-corrected chi connectivity index (χ1v) is 6.01. The number of hydrogen-bond donors (Lipinski definition) is 0. The van der Waals surface area contributed by atoms with E-state index >= 15 is 0 Å². The lowest BCUT2D eigenvalue weighted by Gasteiger charge is -2.21. The van der Waals surface area contributed by atoms with Crippen molar-refractivity contribution in [1.29, 1.82) is 0 Å². The van der Waals surface area contributed by atoms with Crippen molar-refractivity contribution in [3.05, 3.63) is 35.9 Å². The van der Waals surface area contributed by atoms with Crippen LogP contribution >= 0.6 is 0 Å². The Kier molecular flexibility index (Phi) is 3.29. The van der Waals surface area contributed by atoms with E-state index in [1.54, 1.807) is 30.3 Å². The third kappa shape index (κ3) is 2.33. The zero-order valence-corrected chi connectivity index (χ0v) is 9.70. The highest BCUT2D eigenvalue weighted by Crippen LogP contribution is 2.34. The molecule has 18 heavy (non-hydrogen) atoms. The predicted molar refractivity (Wildman–Crippen MR) is 56.6 cm³/mol. The maximum Gasteiger partial charge on any atom is 0.491 e. The zero-order chi connectivity index (χ0) is 13.3. The van der Waals surface area contributed by atoms with E-state index in [2.05, 4.69) is 4.74 Å². The van der Waals surface area contributed by atoms with Gasteiger partial charge in [-0.1, -0.05) is 30.3 Å². The minimum atomic E-state index is -4.99. The lowest BCUT2D eigenvalue weighted by molar-refractivity contribution is -0.0423. The maximum absolute atomic E-state index is 12.4. The number of amides is 1. The maximum atomic E-state index is 12.4. The van der Waals surface area contributed by atoms with Crippen molar-refractivity contribution in [3.63, 3.8) is 0 Å². The van der Waals surface area contributed by atoms with E-state index in [9.17, 15) is 22.2 Å². The molecule has 0 aromatic heterocycles. The van der Waals surface area contributed by atoms with Crippen LogP contribution in [0.5, 0.6) is 0 Å². The molecule has 1 amide bonds. The summed E-state index contributed by atoms with van der Waals surface area (Å²) in [5.74, 6) is 0. The number of nitrogens with zero attached hydrogens (tertiary/aromatic N) is 1. The van der Waals surface area contributed by atoms with Crippen molar-refractivity contribution in [2.75, 3.05) is 6.61 Å². The first-order valence-electron chi connectivity index (χ1n) is 4.91. The number of ether oxygens (including phenoxy) is 1. The molecular formula is C10H8F3NO3S. The van der Waals surface area contributed by atoms with Gasteiger partial charge in [-0.25, -0.2) is 13.3 Å². The molecule has 0 saturated carbocycles. The number of halogens is 3. The van der Waals surface area contributed by atoms with Gasteiger partial charge in [-0.3, -0.25) is 0 Å². The lowest BCUT2D eigenvalue weighted by Crippen LogP contribution is -2.37. The summed E-state index contributed by atoms with van der Waals surface area (Å²) in [4.78, 5) is 11.3. The van der Waals surface area contributed by atoms with Crippen molar-refractivity contribution < 1.29 is 26.9 Å². The molecule has 1 saturated heterocycles. The van der Waals surface area contributed by atoms with E-state index in [4.69, 9.17) is 0 Å². The minimum Gasteiger partial charge on any atom is -0.446 e. The second kappa shape index (κ2) is 4.60. The molecule has 1 aliphatic rings. The van der Waals surface area contributed by atoms with Gasteiger partial charge in [0.2, 0.25) is 11.0 Å². The largest absolute Gasteiger partial charge is 0.491 e. The van der Waals surface area contributed by atoms with Gasteiger partial charge in [-0.2, -0.15) is 13.2 Å². The van der Waals surface area contributed by atoms with Gasteiger partial charge in [0.25, 0.3) is 0 Å². The fraction of sp³-hybridized carbons (Fsp3) is 0.300. The second-order valence-electron chi connectivity index (χ2n) is 3.52. The number of hydrogen-bond acceptors (Lipinski definition) is 3. The molecule has 1 fully saturated rings. The Balaban J connectivity index is 2.32. The third-order valence-electron chi connectivity index (χ3n) is 2.39. The first-order chi connectivity index (χ1) is 8.41. The van der Waals surface area contributed by atoms with Crippen LogP contribution in [0.1, 0.15) is 11.6 Å².